The van der Waals surface area contributed by atoms with Crippen LogP contribution in [0.25, 0.3) is 11.2 Å². The first kappa shape index (κ1) is 14.9. The number of aromatic nitrogens is 4. The van der Waals surface area contributed by atoms with Crippen molar-refractivity contribution in [3.8, 4) is 12.1 Å². The van der Waals surface area contributed by atoms with Crippen LogP contribution in [0.3, 0.4) is 0 Å². The van der Waals surface area contributed by atoms with Gasteiger partial charge in [-0.15, -0.1) is 0 Å². The Labute approximate surface area is 123 Å². The minimum Gasteiger partial charge on any atom is -0.299 e. The second kappa shape index (κ2) is 5.85. The molecule has 108 valence electrons. The van der Waals surface area contributed by atoms with Crippen LogP contribution in [0.1, 0.15) is 6.42 Å². The number of imidazole rings is 1. The molecule has 0 aromatic carbocycles. The van der Waals surface area contributed by atoms with E-state index in [0.717, 1.165) is 4.57 Å². The van der Waals surface area contributed by atoms with Gasteiger partial charge in [0.05, 0.1) is 12.1 Å². The van der Waals surface area contributed by atoms with Crippen molar-refractivity contribution in [2.24, 2.45) is 14.1 Å². The maximum absolute atomic E-state index is 12.3. The van der Waals surface area contributed by atoms with E-state index in [1.165, 1.54) is 35.0 Å². The summed E-state index contributed by atoms with van der Waals surface area (Å²) in [6, 6.07) is 4.00. The molecule has 0 saturated heterocycles. The molecule has 21 heavy (non-hydrogen) atoms. The van der Waals surface area contributed by atoms with Crippen LogP contribution >= 0.6 is 11.8 Å². The normalized spacial score (nSPS) is 10.5. The van der Waals surface area contributed by atoms with Crippen molar-refractivity contribution in [3.05, 3.63) is 20.8 Å². The Morgan fingerprint density at radius 1 is 1.19 bits per heavy atom. The number of aryl methyl sites for hydroxylation is 1. The van der Waals surface area contributed by atoms with E-state index in [2.05, 4.69) is 4.98 Å². The van der Waals surface area contributed by atoms with Crippen molar-refractivity contribution >= 4 is 22.9 Å². The van der Waals surface area contributed by atoms with Crippen LogP contribution in [-0.4, -0.2) is 24.4 Å². The van der Waals surface area contributed by atoms with Gasteiger partial charge in [-0.2, -0.15) is 10.5 Å². The Hall–Kier alpha value is -2.52. The van der Waals surface area contributed by atoms with Gasteiger partial charge in [0, 0.05) is 26.3 Å². The highest BCUT2D eigenvalue weighted by Crippen LogP contribution is 2.21. The van der Waals surface area contributed by atoms with Crippen molar-refractivity contribution in [1.29, 1.82) is 10.5 Å². The fourth-order valence-corrected chi connectivity index (χ4v) is 2.78. The van der Waals surface area contributed by atoms with Gasteiger partial charge in [-0.1, -0.05) is 11.8 Å². The molecule has 9 heteroatoms. The number of fused-ring (bicyclic) bond motifs is 1. The van der Waals surface area contributed by atoms with Crippen LogP contribution in [0.2, 0.25) is 0 Å². The van der Waals surface area contributed by atoms with E-state index in [-0.39, 0.29) is 17.7 Å². The molecular weight excluding hydrogens is 292 g/mol. The quantitative estimate of drug-likeness (QED) is 0.579. The van der Waals surface area contributed by atoms with E-state index in [0.29, 0.717) is 17.3 Å². The minimum absolute atomic E-state index is 0.0428. The van der Waals surface area contributed by atoms with Crippen LogP contribution in [0.4, 0.5) is 0 Å². The molecule has 0 spiro atoms. The molecule has 8 nitrogen and oxygen atoms in total. The highest BCUT2D eigenvalue weighted by molar-refractivity contribution is 7.99. The van der Waals surface area contributed by atoms with E-state index in [1.54, 1.807) is 0 Å². The van der Waals surface area contributed by atoms with E-state index >= 15 is 0 Å². The molecule has 0 atom stereocenters. The number of hydrogen-bond donors (Lipinski definition) is 0. The van der Waals surface area contributed by atoms with E-state index < -0.39 is 11.2 Å². The molecule has 2 heterocycles. The van der Waals surface area contributed by atoms with E-state index in [9.17, 15) is 9.59 Å². The third kappa shape index (κ3) is 2.43. The van der Waals surface area contributed by atoms with Gasteiger partial charge < -0.3 is 0 Å². The molecule has 0 unspecified atom stereocenters. The summed E-state index contributed by atoms with van der Waals surface area (Å²) < 4.78 is 3.75. The average molecular weight is 304 g/mol. The summed E-state index contributed by atoms with van der Waals surface area (Å²) in [5.41, 5.74) is -0.482. The van der Waals surface area contributed by atoms with Crippen LogP contribution < -0.4 is 11.2 Å². The monoisotopic (exact) mass is 304 g/mol. The standard InChI is InChI=1S/C12H12N6O2S/c1-16-9-8(10(19)17(2)12(16)20)18(6-5-14)11(15-9)21-7-3-4-13/h3,6-7H2,1-2H3. The average Bonchev–Trinajstić information content (AvgIpc) is 2.83. The number of hydrogen-bond acceptors (Lipinski definition) is 6. The Bertz CT molecular complexity index is 892. The smallest absolute Gasteiger partial charge is 0.299 e. The van der Waals surface area contributed by atoms with Gasteiger partial charge in [0.15, 0.2) is 16.3 Å². The molecule has 0 radical (unpaired) electrons. The third-order valence-electron chi connectivity index (χ3n) is 2.99. The Balaban J connectivity index is 2.75. The maximum atomic E-state index is 12.3. The highest BCUT2D eigenvalue weighted by atomic mass is 32.2. The van der Waals surface area contributed by atoms with Crippen molar-refractivity contribution < 1.29 is 0 Å². The van der Waals surface area contributed by atoms with Crippen molar-refractivity contribution in [3.63, 3.8) is 0 Å². The van der Waals surface area contributed by atoms with E-state index in [1.807, 2.05) is 12.1 Å². The lowest BCUT2D eigenvalue weighted by atomic mass is 10.5. The summed E-state index contributed by atoms with van der Waals surface area (Å²) in [4.78, 5) is 28.4. The predicted molar refractivity (Wildman–Crippen MR) is 76.8 cm³/mol. The summed E-state index contributed by atoms with van der Waals surface area (Å²) in [6.07, 6.45) is 0.331. The summed E-state index contributed by atoms with van der Waals surface area (Å²) >= 11 is 1.28. The Morgan fingerprint density at radius 2 is 1.90 bits per heavy atom. The Kier molecular flexibility index (Phi) is 4.15. The molecule has 0 fully saturated rings. The van der Waals surface area contributed by atoms with Crippen molar-refractivity contribution in [1.82, 2.24) is 18.7 Å². The molecule has 0 saturated carbocycles. The molecule has 0 bridgehead atoms. The lowest BCUT2D eigenvalue weighted by Crippen LogP contribution is -2.37. The lowest BCUT2D eigenvalue weighted by Gasteiger charge is -2.04. The van der Waals surface area contributed by atoms with Gasteiger partial charge in [-0.05, 0) is 0 Å². The van der Waals surface area contributed by atoms with Crippen LogP contribution in [0.5, 0.6) is 0 Å². The molecule has 0 aliphatic rings. The zero-order valence-electron chi connectivity index (χ0n) is 11.5. The van der Waals surface area contributed by atoms with Gasteiger partial charge in [0.1, 0.15) is 6.54 Å². The fraction of sp³-hybridized carbons (Fsp3) is 0.417. The first-order valence-electron chi connectivity index (χ1n) is 6.05. The molecule has 2 aromatic heterocycles. The van der Waals surface area contributed by atoms with Crippen molar-refractivity contribution in [2.75, 3.05) is 5.75 Å². The number of nitrogens with zero attached hydrogens (tertiary/aromatic N) is 6. The van der Waals surface area contributed by atoms with Gasteiger partial charge in [-0.3, -0.25) is 18.5 Å². The number of rotatable bonds is 4. The lowest BCUT2D eigenvalue weighted by molar-refractivity contribution is 0.701. The third-order valence-corrected chi connectivity index (χ3v) is 3.96. The maximum Gasteiger partial charge on any atom is 0.332 e. The molecule has 0 amide bonds. The van der Waals surface area contributed by atoms with Gasteiger partial charge in [0.2, 0.25) is 0 Å². The fourth-order valence-electron chi connectivity index (χ4n) is 1.94. The summed E-state index contributed by atoms with van der Waals surface area (Å²) in [6.45, 7) is -0.0428. The number of nitriles is 2. The van der Waals surface area contributed by atoms with Crippen LogP contribution in [-0.2, 0) is 20.6 Å². The van der Waals surface area contributed by atoms with Gasteiger partial charge in [0.25, 0.3) is 5.56 Å². The van der Waals surface area contributed by atoms with Crippen LogP contribution in [0.15, 0.2) is 14.7 Å². The highest BCUT2D eigenvalue weighted by Gasteiger charge is 2.18. The largest absolute Gasteiger partial charge is 0.332 e. The van der Waals surface area contributed by atoms with Crippen molar-refractivity contribution in [2.45, 2.75) is 18.1 Å². The first-order valence-corrected chi connectivity index (χ1v) is 7.04. The summed E-state index contributed by atoms with van der Waals surface area (Å²) in [7, 11) is 2.91. The van der Waals surface area contributed by atoms with Gasteiger partial charge in [-0.25, -0.2) is 9.78 Å². The SMILES string of the molecule is Cn1c(=O)c2c(nc(SCCC#N)n2CC#N)n(C)c1=O. The van der Waals surface area contributed by atoms with Gasteiger partial charge >= 0.3 is 5.69 Å². The number of thioether (sulfide) groups is 1. The van der Waals surface area contributed by atoms with E-state index in [4.69, 9.17) is 10.5 Å². The zero-order chi connectivity index (χ0) is 15.6. The topological polar surface area (TPSA) is 109 Å². The second-order valence-corrected chi connectivity index (χ2v) is 5.34. The molecule has 0 aliphatic carbocycles. The first-order chi connectivity index (χ1) is 10.0. The predicted octanol–water partition coefficient (Wildman–Crippen LogP) is -0.0369. The Morgan fingerprint density at radius 3 is 2.52 bits per heavy atom. The molecule has 2 aromatic rings. The molecule has 0 aliphatic heterocycles. The summed E-state index contributed by atoms with van der Waals surface area (Å²) in [5, 5.41) is 18.0. The molecule has 2 rings (SSSR count). The minimum atomic E-state index is -0.483. The molecular formula is C12H12N6O2S. The zero-order valence-corrected chi connectivity index (χ0v) is 12.3. The van der Waals surface area contributed by atoms with Crippen LogP contribution in [0, 0.1) is 22.7 Å². The molecule has 0 N–H and O–H groups in total. The second-order valence-electron chi connectivity index (χ2n) is 4.27. The summed E-state index contributed by atoms with van der Waals surface area (Å²) in [5.74, 6) is 0.500.